The van der Waals surface area contributed by atoms with Crippen molar-refractivity contribution in [3.63, 3.8) is 0 Å². The summed E-state index contributed by atoms with van der Waals surface area (Å²) in [6, 6.07) is 6.36. The summed E-state index contributed by atoms with van der Waals surface area (Å²) in [7, 11) is 0. The number of urea groups is 1. The molecular weight excluding hydrogens is 296 g/mol. The first-order valence-corrected chi connectivity index (χ1v) is 7.25. The van der Waals surface area contributed by atoms with Crippen LogP contribution >= 0.6 is 0 Å². The lowest BCUT2D eigenvalue weighted by molar-refractivity contribution is -0.133. The van der Waals surface area contributed by atoms with Crippen molar-refractivity contribution >= 4 is 17.7 Å². The second kappa shape index (κ2) is 6.24. The molecule has 3 amide bonds. The van der Waals surface area contributed by atoms with E-state index in [4.69, 9.17) is 4.74 Å². The molecule has 1 heterocycles. The van der Waals surface area contributed by atoms with Crippen LogP contribution in [0.3, 0.4) is 0 Å². The van der Waals surface area contributed by atoms with Crippen molar-refractivity contribution in [1.29, 1.82) is 0 Å². The molecule has 0 bridgehead atoms. The zero-order chi connectivity index (χ0) is 17.2. The first-order chi connectivity index (χ1) is 10.7. The van der Waals surface area contributed by atoms with Gasteiger partial charge in [-0.05, 0) is 44.0 Å². The van der Waals surface area contributed by atoms with E-state index >= 15 is 0 Å². The van der Waals surface area contributed by atoms with Gasteiger partial charge in [-0.15, -0.1) is 0 Å². The van der Waals surface area contributed by atoms with Crippen molar-refractivity contribution in [2.45, 2.75) is 26.3 Å². The second-order valence-electron chi connectivity index (χ2n) is 5.92. The summed E-state index contributed by atoms with van der Waals surface area (Å²) >= 11 is 0. The van der Waals surface area contributed by atoms with Crippen molar-refractivity contribution in [1.82, 2.24) is 10.2 Å². The summed E-state index contributed by atoms with van der Waals surface area (Å²) < 4.78 is 5.51. The van der Waals surface area contributed by atoms with Crippen molar-refractivity contribution in [2.24, 2.45) is 0 Å². The third-order valence-electron chi connectivity index (χ3n) is 3.57. The van der Waals surface area contributed by atoms with Gasteiger partial charge < -0.3 is 10.1 Å². The van der Waals surface area contributed by atoms with Gasteiger partial charge in [-0.3, -0.25) is 14.5 Å². The van der Waals surface area contributed by atoms with Gasteiger partial charge in [0.2, 0.25) is 0 Å². The third kappa shape index (κ3) is 3.41. The highest BCUT2D eigenvalue weighted by Crippen LogP contribution is 2.30. The van der Waals surface area contributed by atoms with E-state index in [2.05, 4.69) is 11.9 Å². The lowest BCUT2D eigenvalue weighted by atomic mass is 9.92. The molecule has 1 aromatic carbocycles. The van der Waals surface area contributed by atoms with Crippen LogP contribution in [0.25, 0.3) is 0 Å². The first kappa shape index (κ1) is 16.7. The molecule has 1 aromatic rings. The van der Waals surface area contributed by atoms with Gasteiger partial charge in [0.25, 0.3) is 5.91 Å². The Balaban J connectivity index is 2.20. The average Bonchev–Trinajstić information content (AvgIpc) is 2.70. The van der Waals surface area contributed by atoms with Crippen molar-refractivity contribution in [3.8, 4) is 5.75 Å². The molecule has 1 N–H and O–H groups in total. The van der Waals surface area contributed by atoms with Crippen LogP contribution in [0, 0.1) is 0 Å². The number of ether oxygens (including phenoxy) is 1. The number of carbonyl (C=O) groups excluding carboxylic acids is 3. The van der Waals surface area contributed by atoms with E-state index in [1.165, 1.54) is 6.92 Å². The van der Waals surface area contributed by atoms with Crippen LogP contribution < -0.4 is 10.1 Å². The van der Waals surface area contributed by atoms with Crippen LogP contribution in [0.4, 0.5) is 4.79 Å². The van der Waals surface area contributed by atoms with E-state index in [-0.39, 0.29) is 12.3 Å². The van der Waals surface area contributed by atoms with Gasteiger partial charge in [-0.2, -0.15) is 0 Å². The Morgan fingerprint density at radius 3 is 2.39 bits per heavy atom. The molecule has 0 radical (unpaired) electrons. The molecule has 1 fully saturated rings. The number of amides is 3. The van der Waals surface area contributed by atoms with Gasteiger partial charge in [0, 0.05) is 0 Å². The number of rotatable bonds is 6. The lowest BCUT2D eigenvalue weighted by Crippen LogP contribution is -2.41. The molecule has 1 saturated heterocycles. The van der Waals surface area contributed by atoms with Crippen molar-refractivity contribution in [3.05, 3.63) is 42.0 Å². The molecular formula is C17H20N2O4. The molecule has 23 heavy (non-hydrogen) atoms. The molecule has 0 aliphatic carbocycles. The predicted molar refractivity (Wildman–Crippen MR) is 85.0 cm³/mol. The smallest absolute Gasteiger partial charge is 0.325 e. The molecule has 6 nitrogen and oxygen atoms in total. The van der Waals surface area contributed by atoms with Crippen molar-refractivity contribution < 1.29 is 19.1 Å². The zero-order valence-corrected chi connectivity index (χ0v) is 13.5. The molecule has 1 atom stereocenters. The summed E-state index contributed by atoms with van der Waals surface area (Å²) in [4.78, 5) is 36.6. The van der Waals surface area contributed by atoms with Crippen molar-refractivity contribution in [2.75, 3.05) is 13.2 Å². The molecule has 1 aliphatic rings. The fourth-order valence-corrected chi connectivity index (χ4v) is 2.35. The van der Waals surface area contributed by atoms with E-state index < -0.39 is 17.5 Å². The number of nitrogens with zero attached hydrogens (tertiary/aromatic N) is 1. The number of hydrogen-bond acceptors (Lipinski definition) is 4. The quantitative estimate of drug-likeness (QED) is 0.643. The summed E-state index contributed by atoms with van der Waals surface area (Å²) in [6.07, 6.45) is 0. The van der Waals surface area contributed by atoms with E-state index in [0.29, 0.717) is 17.9 Å². The fourth-order valence-electron chi connectivity index (χ4n) is 2.35. The molecule has 122 valence electrons. The van der Waals surface area contributed by atoms with Gasteiger partial charge in [0.1, 0.15) is 23.7 Å². The predicted octanol–water partition coefficient (Wildman–Crippen LogP) is 2.00. The van der Waals surface area contributed by atoms with Gasteiger partial charge in [0.05, 0.1) is 6.54 Å². The topological polar surface area (TPSA) is 75.7 Å². The highest BCUT2D eigenvalue weighted by atomic mass is 16.5. The largest absolute Gasteiger partial charge is 0.489 e. The van der Waals surface area contributed by atoms with E-state index in [0.717, 1.165) is 10.5 Å². The number of carbonyl (C=O) groups is 3. The summed E-state index contributed by atoms with van der Waals surface area (Å²) in [5.74, 6) is -0.0349. The van der Waals surface area contributed by atoms with Crippen LogP contribution in [0.15, 0.2) is 36.4 Å². The summed E-state index contributed by atoms with van der Waals surface area (Å²) in [6.45, 7) is 8.78. The molecule has 1 unspecified atom stereocenters. The van der Waals surface area contributed by atoms with Gasteiger partial charge in [0.15, 0.2) is 0 Å². The van der Waals surface area contributed by atoms with Crippen LogP contribution in [0.2, 0.25) is 0 Å². The van der Waals surface area contributed by atoms with Crippen LogP contribution in [-0.2, 0) is 15.1 Å². The molecule has 0 saturated carbocycles. The van der Waals surface area contributed by atoms with Crippen LogP contribution in [0.5, 0.6) is 5.75 Å². The zero-order valence-electron chi connectivity index (χ0n) is 13.5. The first-order valence-electron chi connectivity index (χ1n) is 7.25. The maximum Gasteiger partial charge on any atom is 0.325 e. The average molecular weight is 316 g/mol. The number of imide groups is 1. The van der Waals surface area contributed by atoms with Crippen LogP contribution in [-0.4, -0.2) is 35.8 Å². The third-order valence-corrected chi connectivity index (χ3v) is 3.57. The lowest BCUT2D eigenvalue weighted by Gasteiger charge is -2.22. The molecule has 2 rings (SSSR count). The highest BCUT2D eigenvalue weighted by Gasteiger charge is 2.49. The minimum absolute atomic E-state index is 0.222. The van der Waals surface area contributed by atoms with E-state index in [1.807, 2.05) is 6.92 Å². The maximum atomic E-state index is 12.5. The highest BCUT2D eigenvalue weighted by molar-refractivity contribution is 6.09. The molecule has 6 heteroatoms. The molecule has 0 aromatic heterocycles. The second-order valence-corrected chi connectivity index (χ2v) is 5.92. The number of hydrogen-bond donors (Lipinski definition) is 1. The normalized spacial score (nSPS) is 20.4. The monoisotopic (exact) mass is 316 g/mol. The SMILES string of the molecule is C=C(C)COc1ccc(C2(C)NC(=O)N(CC(C)=O)C2=O)cc1. The number of benzene rings is 1. The Morgan fingerprint density at radius 1 is 1.26 bits per heavy atom. The van der Waals surface area contributed by atoms with Crippen LogP contribution in [0.1, 0.15) is 26.3 Å². The minimum atomic E-state index is -1.18. The maximum absolute atomic E-state index is 12.5. The Bertz CT molecular complexity index is 666. The Morgan fingerprint density at radius 2 is 1.87 bits per heavy atom. The van der Waals surface area contributed by atoms with Gasteiger partial charge >= 0.3 is 6.03 Å². The molecule has 1 aliphatic heterocycles. The number of nitrogens with one attached hydrogen (secondary N) is 1. The Hall–Kier alpha value is -2.63. The standard InChI is InChI=1S/C17H20N2O4/c1-11(2)10-23-14-7-5-13(6-8-14)17(4)15(21)19(9-12(3)20)16(22)18-17/h5-8H,1,9-10H2,2-4H3,(H,18,22). The Kier molecular flexibility index (Phi) is 4.54. The fraction of sp³-hybridized carbons (Fsp3) is 0.353. The number of Topliss-reactive ketones (excluding diaryl/α,β-unsaturated/α-hetero) is 1. The van der Waals surface area contributed by atoms with E-state index in [9.17, 15) is 14.4 Å². The van der Waals surface area contributed by atoms with Gasteiger partial charge in [-0.25, -0.2) is 4.79 Å². The minimum Gasteiger partial charge on any atom is -0.489 e. The number of ketones is 1. The summed E-state index contributed by atoms with van der Waals surface area (Å²) in [5.41, 5.74) is 0.350. The molecule has 0 spiro atoms. The van der Waals surface area contributed by atoms with Gasteiger partial charge in [-0.1, -0.05) is 18.7 Å². The van der Waals surface area contributed by atoms with E-state index in [1.54, 1.807) is 31.2 Å². The summed E-state index contributed by atoms with van der Waals surface area (Å²) in [5, 5.41) is 2.65. The Labute approximate surface area is 135 Å².